The highest BCUT2D eigenvalue weighted by Crippen LogP contribution is 2.41. The molecule has 3 nitrogen and oxygen atoms in total. The van der Waals surface area contributed by atoms with Gasteiger partial charge in [-0.15, -0.1) is 0 Å². The van der Waals surface area contributed by atoms with Gasteiger partial charge in [-0.25, -0.2) is 0 Å². The van der Waals surface area contributed by atoms with Gasteiger partial charge in [-0.3, -0.25) is 9.78 Å². The number of aryl methyl sites for hydroxylation is 2. The van der Waals surface area contributed by atoms with Crippen molar-refractivity contribution >= 4 is 27.6 Å². The summed E-state index contributed by atoms with van der Waals surface area (Å²) >= 11 is 0. The van der Waals surface area contributed by atoms with E-state index in [1.165, 1.54) is 10.9 Å². The van der Waals surface area contributed by atoms with E-state index in [9.17, 15) is 4.79 Å². The van der Waals surface area contributed by atoms with Crippen molar-refractivity contribution in [1.29, 1.82) is 0 Å². The van der Waals surface area contributed by atoms with Crippen LogP contribution in [0.1, 0.15) is 55.4 Å². The van der Waals surface area contributed by atoms with Crippen LogP contribution in [0.5, 0.6) is 0 Å². The van der Waals surface area contributed by atoms with E-state index in [-0.39, 0.29) is 11.2 Å². The van der Waals surface area contributed by atoms with E-state index in [2.05, 4.69) is 56.5 Å². The number of rotatable bonds is 2. The van der Waals surface area contributed by atoms with Gasteiger partial charge in [0.2, 0.25) is 0 Å². The molecule has 0 radical (unpaired) electrons. The maximum absolute atomic E-state index is 13.0. The van der Waals surface area contributed by atoms with E-state index < -0.39 is 0 Å². The molecule has 1 aromatic carbocycles. The molecule has 0 saturated heterocycles. The zero-order valence-electron chi connectivity index (χ0n) is 14.9. The highest BCUT2D eigenvalue weighted by molar-refractivity contribution is 6.20. The second-order valence-electron chi connectivity index (χ2n) is 7.85. The average molecular weight is 320 g/mol. The minimum absolute atomic E-state index is 0.00100. The molecular formula is C21H24N2O. The van der Waals surface area contributed by atoms with Crippen LogP contribution in [-0.2, 0) is 13.0 Å². The summed E-state index contributed by atoms with van der Waals surface area (Å²) in [6, 6.07) is 8.45. The topological polar surface area (TPSA) is 34.9 Å². The van der Waals surface area contributed by atoms with E-state index in [1.807, 2.05) is 0 Å². The van der Waals surface area contributed by atoms with Gasteiger partial charge in [0.1, 0.15) is 0 Å². The molecule has 3 heteroatoms. The maximum atomic E-state index is 13.0. The van der Waals surface area contributed by atoms with Gasteiger partial charge >= 0.3 is 0 Å². The lowest BCUT2D eigenvalue weighted by atomic mass is 9.74. The zero-order chi connectivity index (χ0) is 17.1. The third-order valence-corrected chi connectivity index (χ3v) is 5.17. The van der Waals surface area contributed by atoms with Gasteiger partial charge in [0.25, 0.3) is 0 Å². The number of benzene rings is 1. The second kappa shape index (κ2) is 5.17. The van der Waals surface area contributed by atoms with Gasteiger partial charge in [-0.1, -0.05) is 39.0 Å². The quantitative estimate of drug-likeness (QED) is 0.661. The third-order valence-electron chi connectivity index (χ3n) is 5.17. The Hall–Kier alpha value is -2.16. The summed E-state index contributed by atoms with van der Waals surface area (Å²) in [5, 5.41) is 2.32. The number of carbonyl (C=O) groups is 1. The highest BCUT2D eigenvalue weighted by Gasteiger charge is 2.34. The molecule has 2 aromatic heterocycles. The van der Waals surface area contributed by atoms with Crippen LogP contribution in [0.25, 0.3) is 21.8 Å². The van der Waals surface area contributed by atoms with Crippen molar-refractivity contribution in [3.8, 4) is 0 Å². The second-order valence-corrected chi connectivity index (χ2v) is 7.85. The Labute approximate surface area is 142 Å². The standard InChI is InChI=1S/C21H24N2O/c1-5-10-23-16-9-7-6-8-14(16)18-19-15(22-13(2)20(18)23)11-21(3,4)12-17(19)24/h6-9H,5,10-12H2,1-4H3. The Kier molecular flexibility index (Phi) is 3.31. The largest absolute Gasteiger partial charge is 0.339 e. The Morgan fingerprint density at radius 3 is 2.71 bits per heavy atom. The number of ketones is 1. The van der Waals surface area contributed by atoms with E-state index in [4.69, 9.17) is 4.98 Å². The van der Waals surface area contributed by atoms with Crippen LogP contribution in [0.2, 0.25) is 0 Å². The Morgan fingerprint density at radius 2 is 1.96 bits per heavy atom. The molecule has 3 aromatic rings. The summed E-state index contributed by atoms with van der Waals surface area (Å²) in [4.78, 5) is 17.9. The van der Waals surface area contributed by atoms with Crippen LogP contribution in [-0.4, -0.2) is 15.3 Å². The molecule has 24 heavy (non-hydrogen) atoms. The minimum Gasteiger partial charge on any atom is -0.339 e. The lowest BCUT2D eigenvalue weighted by molar-refractivity contribution is 0.0912. The number of pyridine rings is 1. The van der Waals surface area contributed by atoms with Crippen LogP contribution < -0.4 is 0 Å². The molecule has 124 valence electrons. The molecule has 4 rings (SSSR count). The molecule has 0 saturated carbocycles. The van der Waals surface area contributed by atoms with Gasteiger partial charge in [0, 0.05) is 34.8 Å². The van der Waals surface area contributed by atoms with Gasteiger partial charge in [0.05, 0.1) is 16.9 Å². The number of para-hydroxylation sites is 1. The van der Waals surface area contributed by atoms with Crippen LogP contribution in [0, 0.1) is 12.3 Å². The van der Waals surface area contributed by atoms with Crippen LogP contribution >= 0.6 is 0 Å². The van der Waals surface area contributed by atoms with Gasteiger partial charge in [0.15, 0.2) is 5.78 Å². The minimum atomic E-state index is -0.00100. The molecular weight excluding hydrogens is 296 g/mol. The summed E-state index contributed by atoms with van der Waals surface area (Å²) < 4.78 is 2.35. The first-order chi connectivity index (χ1) is 11.4. The average Bonchev–Trinajstić information content (AvgIpc) is 2.82. The highest BCUT2D eigenvalue weighted by atomic mass is 16.1. The number of nitrogens with zero attached hydrogens (tertiary/aromatic N) is 2. The third kappa shape index (κ3) is 2.10. The number of Topliss-reactive ketones (excluding diaryl/α,β-unsaturated/α-hetero) is 1. The predicted molar refractivity (Wildman–Crippen MR) is 98.7 cm³/mol. The molecule has 0 atom stereocenters. The first kappa shape index (κ1) is 15.4. The molecule has 0 fully saturated rings. The summed E-state index contributed by atoms with van der Waals surface area (Å²) in [6.07, 6.45) is 2.54. The fourth-order valence-electron chi connectivity index (χ4n) is 4.31. The number of hydrogen-bond donors (Lipinski definition) is 0. The molecule has 0 bridgehead atoms. The van der Waals surface area contributed by atoms with Crippen molar-refractivity contribution in [3.05, 3.63) is 41.2 Å². The lowest BCUT2D eigenvalue weighted by Crippen LogP contribution is -2.28. The molecule has 1 aliphatic rings. The normalized spacial score (nSPS) is 16.8. The number of carbonyl (C=O) groups excluding carboxylic acids is 1. The molecule has 1 aliphatic carbocycles. The van der Waals surface area contributed by atoms with E-state index in [1.54, 1.807) is 0 Å². The van der Waals surface area contributed by atoms with Gasteiger partial charge < -0.3 is 4.57 Å². The molecule has 2 heterocycles. The molecule has 0 unspecified atom stereocenters. The van der Waals surface area contributed by atoms with E-state index >= 15 is 0 Å². The molecule has 0 aliphatic heterocycles. The predicted octanol–water partition coefficient (Wildman–Crippen LogP) is 5.06. The molecule has 0 amide bonds. The molecule has 0 spiro atoms. The fraction of sp³-hybridized carbons (Fsp3) is 0.429. The number of hydrogen-bond acceptors (Lipinski definition) is 2. The van der Waals surface area contributed by atoms with Crippen LogP contribution in [0.15, 0.2) is 24.3 Å². The van der Waals surface area contributed by atoms with Crippen molar-refractivity contribution in [3.63, 3.8) is 0 Å². The van der Waals surface area contributed by atoms with Crippen molar-refractivity contribution in [2.24, 2.45) is 5.41 Å². The molecule has 0 N–H and O–H groups in total. The Balaban J connectivity index is 2.18. The van der Waals surface area contributed by atoms with Crippen molar-refractivity contribution < 1.29 is 4.79 Å². The summed E-state index contributed by atoms with van der Waals surface area (Å²) in [7, 11) is 0. The Bertz CT molecular complexity index is 979. The summed E-state index contributed by atoms with van der Waals surface area (Å²) in [6.45, 7) is 9.55. The maximum Gasteiger partial charge on any atom is 0.165 e. The number of fused-ring (bicyclic) bond motifs is 5. The smallest absolute Gasteiger partial charge is 0.165 e. The SMILES string of the molecule is CCCn1c2ccccc2c2c3c(nc(C)c21)CC(C)(C)CC3=O. The van der Waals surface area contributed by atoms with Gasteiger partial charge in [-0.2, -0.15) is 0 Å². The zero-order valence-corrected chi connectivity index (χ0v) is 14.9. The van der Waals surface area contributed by atoms with E-state index in [0.717, 1.165) is 47.2 Å². The van der Waals surface area contributed by atoms with Crippen molar-refractivity contribution in [1.82, 2.24) is 9.55 Å². The van der Waals surface area contributed by atoms with Crippen LogP contribution in [0.4, 0.5) is 0 Å². The first-order valence-corrected chi connectivity index (χ1v) is 8.86. The summed E-state index contributed by atoms with van der Waals surface area (Å²) in [5.74, 6) is 0.248. The van der Waals surface area contributed by atoms with Crippen molar-refractivity contribution in [2.45, 2.75) is 53.5 Å². The fourth-order valence-corrected chi connectivity index (χ4v) is 4.31. The van der Waals surface area contributed by atoms with E-state index in [0.29, 0.717) is 6.42 Å². The van der Waals surface area contributed by atoms with Crippen LogP contribution in [0.3, 0.4) is 0 Å². The first-order valence-electron chi connectivity index (χ1n) is 8.86. The monoisotopic (exact) mass is 320 g/mol. The Morgan fingerprint density at radius 1 is 1.21 bits per heavy atom. The van der Waals surface area contributed by atoms with Gasteiger partial charge in [-0.05, 0) is 31.2 Å². The van der Waals surface area contributed by atoms with Crippen molar-refractivity contribution in [2.75, 3.05) is 0 Å². The lowest BCUT2D eigenvalue weighted by Gasteiger charge is -2.30. The summed E-state index contributed by atoms with van der Waals surface area (Å²) in [5.41, 5.74) is 5.26. The number of aromatic nitrogens is 2.